The first-order valence-corrected chi connectivity index (χ1v) is 6.88. The maximum atomic E-state index is 13.1. The summed E-state index contributed by atoms with van der Waals surface area (Å²) < 4.78 is 13.5. The standard InChI is InChI=1S/C13H14BrFN2O2/c1-2-3-10-13(19)17(7-12(18)16-10)11-5-4-8(15)6-9(11)14/h4-6,10H,2-3,7H2,1H3,(H,16,18). The van der Waals surface area contributed by atoms with Crippen molar-refractivity contribution in [3.8, 4) is 0 Å². The molecular formula is C13H14BrFN2O2. The van der Waals surface area contributed by atoms with Gasteiger partial charge in [-0.3, -0.25) is 9.59 Å². The second kappa shape index (κ2) is 5.69. The highest BCUT2D eigenvalue weighted by Crippen LogP contribution is 2.28. The van der Waals surface area contributed by atoms with Crippen LogP contribution in [0.2, 0.25) is 0 Å². The molecule has 1 aliphatic heterocycles. The maximum Gasteiger partial charge on any atom is 0.250 e. The van der Waals surface area contributed by atoms with Crippen LogP contribution in [0, 0.1) is 5.82 Å². The summed E-state index contributed by atoms with van der Waals surface area (Å²) in [5, 5.41) is 2.68. The smallest absolute Gasteiger partial charge is 0.250 e. The summed E-state index contributed by atoms with van der Waals surface area (Å²) in [5.41, 5.74) is 0.516. The fraction of sp³-hybridized carbons (Fsp3) is 0.385. The molecule has 0 saturated carbocycles. The Labute approximate surface area is 119 Å². The van der Waals surface area contributed by atoms with Crippen molar-refractivity contribution in [2.75, 3.05) is 11.4 Å². The van der Waals surface area contributed by atoms with Gasteiger partial charge in [-0.05, 0) is 40.5 Å². The zero-order valence-corrected chi connectivity index (χ0v) is 12.0. The Morgan fingerprint density at radius 3 is 2.84 bits per heavy atom. The topological polar surface area (TPSA) is 49.4 Å². The lowest BCUT2D eigenvalue weighted by molar-refractivity contribution is -0.131. The van der Waals surface area contributed by atoms with Crippen molar-refractivity contribution < 1.29 is 14.0 Å². The number of benzene rings is 1. The number of rotatable bonds is 3. The second-order valence-corrected chi connectivity index (χ2v) is 5.28. The molecule has 1 unspecified atom stereocenters. The Hall–Kier alpha value is -1.43. The SMILES string of the molecule is CCCC1NC(=O)CN(c2ccc(F)cc2Br)C1=O. The summed E-state index contributed by atoms with van der Waals surface area (Å²) in [7, 11) is 0. The van der Waals surface area contributed by atoms with Crippen LogP contribution in [0.3, 0.4) is 0 Å². The fourth-order valence-corrected chi connectivity index (χ4v) is 2.66. The average Bonchev–Trinajstić information content (AvgIpc) is 2.34. The number of nitrogens with one attached hydrogen (secondary N) is 1. The lowest BCUT2D eigenvalue weighted by Crippen LogP contribution is -2.58. The normalized spacial score (nSPS) is 19.5. The van der Waals surface area contributed by atoms with Crippen molar-refractivity contribution >= 4 is 33.4 Å². The van der Waals surface area contributed by atoms with Crippen LogP contribution in [0.5, 0.6) is 0 Å². The van der Waals surface area contributed by atoms with Gasteiger partial charge in [0.05, 0.1) is 5.69 Å². The zero-order valence-electron chi connectivity index (χ0n) is 10.5. The molecule has 1 N–H and O–H groups in total. The van der Waals surface area contributed by atoms with Crippen LogP contribution >= 0.6 is 15.9 Å². The Balaban J connectivity index is 2.31. The minimum Gasteiger partial charge on any atom is -0.343 e. The predicted octanol–water partition coefficient (Wildman–Crippen LogP) is 2.22. The van der Waals surface area contributed by atoms with Gasteiger partial charge >= 0.3 is 0 Å². The molecule has 0 radical (unpaired) electrons. The molecule has 0 aliphatic carbocycles. The van der Waals surface area contributed by atoms with E-state index in [1.54, 1.807) is 0 Å². The zero-order chi connectivity index (χ0) is 14.0. The van der Waals surface area contributed by atoms with Gasteiger partial charge in [0.2, 0.25) is 11.8 Å². The van der Waals surface area contributed by atoms with Crippen molar-refractivity contribution in [2.45, 2.75) is 25.8 Å². The third-order valence-corrected chi connectivity index (χ3v) is 3.61. The number of hydrogen-bond donors (Lipinski definition) is 1. The highest BCUT2D eigenvalue weighted by atomic mass is 79.9. The molecule has 0 bridgehead atoms. The van der Waals surface area contributed by atoms with E-state index < -0.39 is 11.9 Å². The molecule has 2 rings (SSSR count). The van der Waals surface area contributed by atoms with E-state index in [-0.39, 0.29) is 18.4 Å². The highest BCUT2D eigenvalue weighted by Gasteiger charge is 2.33. The molecule has 1 atom stereocenters. The van der Waals surface area contributed by atoms with Crippen LogP contribution in [0.25, 0.3) is 0 Å². The first-order valence-electron chi connectivity index (χ1n) is 6.08. The molecule has 1 heterocycles. The molecule has 1 fully saturated rings. The highest BCUT2D eigenvalue weighted by molar-refractivity contribution is 9.10. The quantitative estimate of drug-likeness (QED) is 0.924. The third-order valence-electron chi connectivity index (χ3n) is 2.98. The molecule has 1 saturated heterocycles. The minimum absolute atomic E-state index is 0.0384. The predicted molar refractivity (Wildman–Crippen MR) is 73.3 cm³/mol. The van der Waals surface area contributed by atoms with Crippen LogP contribution in [0.1, 0.15) is 19.8 Å². The lowest BCUT2D eigenvalue weighted by atomic mass is 10.1. The van der Waals surface area contributed by atoms with Crippen LogP contribution in [-0.2, 0) is 9.59 Å². The number of amides is 2. The molecule has 1 aliphatic rings. The van der Waals surface area contributed by atoms with Gasteiger partial charge in [-0.1, -0.05) is 13.3 Å². The Morgan fingerprint density at radius 1 is 1.47 bits per heavy atom. The van der Waals surface area contributed by atoms with Gasteiger partial charge in [0.15, 0.2) is 0 Å². The van der Waals surface area contributed by atoms with Gasteiger partial charge in [-0.25, -0.2) is 4.39 Å². The van der Waals surface area contributed by atoms with Gasteiger partial charge in [-0.15, -0.1) is 0 Å². The molecule has 1 aromatic rings. The number of piperazine rings is 1. The molecule has 2 amide bonds. The Bertz CT molecular complexity index is 521. The number of carbonyl (C=O) groups is 2. The molecule has 1 aromatic carbocycles. The molecule has 19 heavy (non-hydrogen) atoms. The van der Waals surface area contributed by atoms with Gasteiger partial charge in [-0.2, -0.15) is 0 Å². The Morgan fingerprint density at radius 2 is 2.21 bits per heavy atom. The molecule has 102 valence electrons. The third kappa shape index (κ3) is 2.94. The number of halogens is 2. The summed E-state index contributed by atoms with van der Waals surface area (Å²) in [6.07, 6.45) is 1.40. The molecule has 0 aromatic heterocycles. The van der Waals surface area contributed by atoms with E-state index in [9.17, 15) is 14.0 Å². The van der Waals surface area contributed by atoms with E-state index in [1.165, 1.54) is 23.1 Å². The van der Waals surface area contributed by atoms with Crippen LogP contribution < -0.4 is 10.2 Å². The van der Waals surface area contributed by atoms with Crippen LogP contribution in [0.4, 0.5) is 10.1 Å². The first-order chi connectivity index (χ1) is 9.02. The number of carbonyl (C=O) groups excluding carboxylic acids is 2. The molecular weight excluding hydrogens is 315 g/mol. The van der Waals surface area contributed by atoms with Crippen LogP contribution in [0.15, 0.2) is 22.7 Å². The largest absolute Gasteiger partial charge is 0.343 e. The summed E-state index contributed by atoms with van der Waals surface area (Å²) in [6, 6.07) is 3.56. The lowest BCUT2D eigenvalue weighted by Gasteiger charge is -2.33. The van der Waals surface area contributed by atoms with Crippen molar-refractivity contribution in [2.24, 2.45) is 0 Å². The number of anilines is 1. The van der Waals surface area contributed by atoms with E-state index in [0.717, 1.165) is 6.42 Å². The van der Waals surface area contributed by atoms with E-state index in [4.69, 9.17) is 0 Å². The van der Waals surface area contributed by atoms with Crippen molar-refractivity contribution in [1.29, 1.82) is 0 Å². The summed E-state index contributed by atoms with van der Waals surface area (Å²) in [6.45, 7) is 1.91. The summed E-state index contributed by atoms with van der Waals surface area (Å²) >= 11 is 3.22. The summed E-state index contributed by atoms with van der Waals surface area (Å²) in [5.74, 6) is -0.752. The molecule has 6 heteroatoms. The monoisotopic (exact) mass is 328 g/mol. The number of nitrogens with zero attached hydrogens (tertiary/aromatic N) is 1. The van der Waals surface area contributed by atoms with Crippen molar-refractivity contribution in [3.05, 3.63) is 28.5 Å². The van der Waals surface area contributed by atoms with Crippen molar-refractivity contribution in [3.63, 3.8) is 0 Å². The first kappa shape index (κ1) is 14.0. The number of hydrogen-bond acceptors (Lipinski definition) is 2. The second-order valence-electron chi connectivity index (χ2n) is 4.43. The van der Waals surface area contributed by atoms with E-state index >= 15 is 0 Å². The van der Waals surface area contributed by atoms with E-state index in [0.29, 0.717) is 16.6 Å². The molecule has 0 spiro atoms. The minimum atomic E-state index is -0.497. The Kier molecular flexibility index (Phi) is 4.19. The van der Waals surface area contributed by atoms with Gasteiger partial charge in [0, 0.05) is 4.47 Å². The van der Waals surface area contributed by atoms with Crippen LogP contribution in [-0.4, -0.2) is 24.4 Å². The fourth-order valence-electron chi connectivity index (χ4n) is 2.10. The summed E-state index contributed by atoms with van der Waals surface area (Å²) in [4.78, 5) is 25.3. The van der Waals surface area contributed by atoms with Gasteiger partial charge < -0.3 is 10.2 Å². The van der Waals surface area contributed by atoms with Gasteiger partial charge in [0.1, 0.15) is 18.4 Å². The van der Waals surface area contributed by atoms with E-state index in [1.807, 2.05) is 6.92 Å². The molecule has 4 nitrogen and oxygen atoms in total. The average molecular weight is 329 g/mol. The maximum absolute atomic E-state index is 13.1. The van der Waals surface area contributed by atoms with Gasteiger partial charge in [0.25, 0.3) is 0 Å². The van der Waals surface area contributed by atoms with E-state index in [2.05, 4.69) is 21.2 Å². The van der Waals surface area contributed by atoms with Crippen molar-refractivity contribution in [1.82, 2.24) is 5.32 Å².